The van der Waals surface area contributed by atoms with E-state index in [2.05, 4.69) is 16.0 Å². The summed E-state index contributed by atoms with van der Waals surface area (Å²) in [6.45, 7) is 3.57. The Morgan fingerprint density at radius 2 is 1.77 bits per heavy atom. The van der Waals surface area contributed by atoms with E-state index in [-0.39, 0.29) is 30.8 Å². The SMILES string of the molecule is Cc1nc2nc(C3CCOC(c4cnn(C5CC5)c4)C3)nc(C3CCC(F)(CF)CC3)c2nc1C. The zero-order valence-corrected chi connectivity index (χ0v) is 20.4. The number of alkyl halides is 2. The van der Waals surface area contributed by atoms with Gasteiger partial charge in [-0.15, -0.1) is 0 Å². The Morgan fingerprint density at radius 3 is 2.51 bits per heavy atom. The highest BCUT2D eigenvalue weighted by Crippen LogP contribution is 2.43. The van der Waals surface area contributed by atoms with Crippen molar-refractivity contribution in [1.82, 2.24) is 29.7 Å². The maximum Gasteiger partial charge on any atom is 0.182 e. The zero-order chi connectivity index (χ0) is 24.2. The van der Waals surface area contributed by atoms with Crippen molar-refractivity contribution in [2.45, 2.75) is 94.9 Å². The first-order valence-corrected chi connectivity index (χ1v) is 12.9. The topological polar surface area (TPSA) is 78.6 Å². The Bertz CT molecular complexity index is 1230. The lowest BCUT2D eigenvalue weighted by Gasteiger charge is -2.32. The van der Waals surface area contributed by atoms with E-state index < -0.39 is 12.3 Å². The molecule has 1 saturated heterocycles. The maximum atomic E-state index is 14.6. The number of hydrogen-bond acceptors (Lipinski definition) is 6. The van der Waals surface area contributed by atoms with Gasteiger partial charge in [-0.2, -0.15) is 5.10 Å². The summed E-state index contributed by atoms with van der Waals surface area (Å²) in [6.07, 6.45) is 9.51. The van der Waals surface area contributed by atoms with E-state index in [1.165, 1.54) is 12.8 Å². The van der Waals surface area contributed by atoms with Gasteiger partial charge in [-0.25, -0.2) is 28.7 Å². The van der Waals surface area contributed by atoms with Gasteiger partial charge in [-0.1, -0.05) is 0 Å². The highest BCUT2D eigenvalue weighted by atomic mass is 19.2. The summed E-state index contributed by atoms with van der Waals surface area (Å²) in [5.74, 6) is 0.910. The minimum absolute atomic E-state index is 0.0264. The van der Waals surface area contributed by atoms with Gasteiger partial charge in [0.25, 0.3) is 0 Å². The summed E-state index contributed by atoms with van der Waals surface area (Å²) >= 11 is 0. The molecule has 3 aromatic heterocycles. The van der Waals surface area contributed by atoms with Crippen molar-refractivity contribution in [3.8, 4) is 0 Å². The third-order valence-corrected chi connectivity index (χ3v) is 8.06. The van der Waals surface area contributed by atoms with Gasteiger partial charge >= 0.3 is 0 Å². The van der Waals surface area contributed by atoms with Crippen LogP contribution in [-0.2, 0) is 4.74 Å². The second-order valence-electron chi connectivity index (χ2n) is 10.7. The summed E-state index contributed by atoms with van der Waals surface area (Å²) in [5.41, 5.74) is 3.21. The summed E-state index contributed by atoms with van der Waals surface area (Å²) in [7, 11) is 0. The summed E-state index contributed by atoms with van der Waals surface area (Å²) in [5, 5.41) is 4.53. The molecule has 0 aromatic carbocycles. The van der Waals surface area contributed by atoms with Gasteiger partial charge in [-0.05, 0) is 65.2 Å². The van der Waals surface area contributed by atoms with Crippen molar-refractivity contribution in [3.63, 3.8) is 0 Å². The van der Waals surface area contributed by atoms with Crippen molar-refractivity contribution < 1.29 is 13.5 Å². The molecule has 2 saturated carbocycles. The first kappa shape index (κ1) is 22.9. The molecule has 2 atom stereocenters. The molecular weight excluding hydrogens is 450 g/mol. The van der Waals surface area contributed by atoms with E-state index in [9.17, 15) is 8.78 Å². The number of fused-ring (bicyclic) bond motifs is 1. The van der Waals surface area contributed by atoms with Gasteiger partial charge in [0.15, 0.2) is 5.65 Å². The van der Waals surface area contributed by atoms with Gasteiger partial charge in [0, 0.05) is 30.2 Å². The van der Waals surface area contributed by atoms with Crippen LogP contribution in [0.2, 0.25) is 0 Å². The van der Waals surface area contributed by atoms with Crippen LogP contribution in [0.4, 0.5) is 8.78 Å². The van der Waals surface area contributed by atoms with Gasteiger partial charge < -0.3 is 4.74 Å². The fraction of sp³-hybridized carbons (Fsp3) is 0.654. The number of hydrogen-bond donors (Lipinski definition) is 0. The highest BCUT2D eigenvalue weighted by Gasteiger charge is 2.38. The van der Waals surface area contributed by atoms with Gasteiger partial charge in [0.05, 0.1) is 35.4 Å². The third kappa shape index (κ3) is 4.43. The van der Waals surface area contributed by atoms with E-state index in [1.807, 2.05) is 20.0 Å². The molecule has 1 aliphatic heterocycles. The average Bonchev–Trinajstić information content (AvgIpc) is 3.61. The Morgan fingerprint density at radius 1 is 1.00 bits per heavy atom. The van der Waals surface area contributed by atoms with Crippen LogP contribution >= 0.6 is 0 Å². The molecule has 0 N–H and O–H groups in total. The van der Waals surface area contributed by atoms with Crippen molar-refractivity contribution in [2.75, 3.05) is 13.3 Å². The lowest BCUT2D eigenvalue weighted by Crippen LogP contribution is -2.31. The Labute approximate surface area is 203 Å². The molecule has 0 radical (unpaired) electrons. The molecule has 35 heavy (non-hydrogen) atoms. The lowest BCUT2D eigenvalue weighted by molar-refractivity contribution is 0.00388. The Hall–Kier alpha value is -2.55. The van der Waals surface area contributed by atoms with Gasteiger partial charge in [0.1, 0.15) is 23.7 Å². The molecule has 7 nitrogen and oxygen atoms in total. The van der Waals surface area contributed by atoms with Gasteiger partial charge in [-0.3, -0.25) is 4.68 Å². The Balaban J connectivity index is 1.32. The molecule has 9 heteroatoms. The number of ether oxygens (including phenoxy) is 1. The third-order valence-electron chi connectivity index (χ3n) is 8.06. The van der Waals surface area contributed by atoms with E-state index in [0.717, 1.165) is 41.3 Å². The molecule has 0 bridgehead atoms. The molecule has 0 amide bonds. The number of halogens is 2. The average molecular weight is 483 g/mol. The fourth-order valence-corrected chi connectivity index (χ4v) is 5.48. The molecule has 3 aromatic rings. The van der Waals surface area contributed by atoms with E-state index >= 15 is 0 Å². The highest BCUT2D eigenvalue weighted by molar-refractivity contribution is 5.73. The number of aromatic nitrogens is 6. The summed E-state index contributed by atoms with van der Waals surface area (Å²) in [6, 6.07) is 0.538. The first-order valence-electron chi connectivity index (χ1n) is 12.9. The fourth-order valence-electron chi connectivity index (χ4n) is 5.48. The molecule has 2 aliphatic carbocycles. The molecule has 3 fully saturated rings. The van der Waals surface area contributed by atoms with E-state index in [4.69, 9.17) is 24.7 Å². The van der Waals surface area contributed by atoms with Crippen LogP contribution in [0, 0.1) is 13.8 Å². The zero-order valence-electron chi connectivity index (χ0n) is 20.4. The minimum Gasteiger partial charge on any atom is -0.373 e. The predicted molar refractivity (Wildman–Crippen MR) is 127 cm³/mol. The molecule has 6 rings (SSSR count). The van der Waals surface area contributed by atoms with Crippen molar-refractivity contribution in [3.05, 3.63) is 40.9 Å². The van der Waals surface area contributed by atoms with Crippen molar-refractivity contribution in [1.29, 1.82) is 0 Å². The molecule has 3 aliphatic rings. The smallest absolute Gasteiger partial charge is 0.182 e. The van der Waals surface area contributed by atoms with E-state index in [0.29, 0.717) is 36.7 Å². The standard InChI is InChI=1S/C26H32F2N6O/c1-15-16(2)31-25-23(30-15)22(17-5-8-26(28,14-27)9-6-17)32-24(33-25)18-7-10-35-21(11-18)19-12-29-34(13-19)20-3-4-20/h12-13,17-18,20-21H,3-11,14H2,1-2H3. The van der Waals surface area contributed by atoms with Crippen LogP contribution in [0.3, 0.4) is 0 Å². The lowest BCUT2D eigenvalue weighted by atomic mass is 9.79. The first-order chi connectivity index (χ1) is 16.9. The quantitative estimate of drug-likeness (QED) is 0.475. The van der Waals surface area contributed by atoms with Crippen LogP contribution < -0.4 is 0 Å². The minimum atomic E-state index is -1.71. The maximum absolute atomic E-state index is 14.6. The second-order valence-corrected chi connectivity index (χ2v) is 10.7. The second kappa shape index (κ2) is 8.84. The van der Waals surface area contributed by atoms with E-state index in [1.54, 1.807) is 0 Å². The van der Waals surface area contributed by atoms with Crippen LogP contribution in [0.15, 0.2) is 12.4 Å². The van der Waals surface area contributed by atoms with Crippen molar-refractivity contribution >= 4 is 11.2 Å². The number of aryl methyl sites for hydroxylation is 2. The molecular formula is C26H32F2N6O. The van der Waals surface area contributed by atoms with Crippen LogP contribution in [-0.4, -0.2) is 48.7 Å². The van der Waals surface area contributed by atoms with Gasteiger partial charge in [0.2, 0.25) is 0 Å². The van der Waals surface area contributed by atoms with Crippen LogP contribution in [0.5, 0.6) is 0 Å². The van der Waals surface area contributed by atoms with Crippen LogP contribution in [0.1, 0.15) is 104 Å². The predicted octanol–water partition coefficient (Wildman–Crippen LogP) is 5.54. The normalized spacial score (nSPS) is 29.5. The molecule has 2 unspecified atom stereocenters. The molecule has 4 heterocycles. The van der Waals surface area contributed by atoms with Crippen molar-refractivity contribution in [2.24, 2.45) is 0 Å². The number of rotatable bonds is 5. The summed E-state index contributed by atoms with van der Waals surface area (Å²) < 4.78 is 36.0. The van der Waals surface area contributed by atoms with Crippen LogP contribution in [0.25, 0.3) is 11.2 Å². The summed E-state index contributed by atoms with van der Waals surface area (Å²) in [4.78, 5) is 19.5. The monoisotopic (exact) mass is 482 g/mol. The molecule has 0 spiro atoms. The number of nitrogens with zero attached hydrogens (tertiary/aromatic N) is 6. The Kier molecular flexibility index (Phi) is 5.78. The largest absolute Gasteiger partial charge is 0.373 e. The molecule has 186 valence electrons.